The van der Waals surface area contributed by atoms with Crippen molar-refractivity contribution in [2.24, 2.45) is 5.92 Å². The summed E-state index contributed by atoms with van der Waals surface area (Å²) in [6, 6.07) is 8.68. The van der Waals surface area contributed by atoms with Gasteiger partial charge in [0.25, 0.3) is 5.91 Å². The van der Waals surface area contributed by atoms with Crippen LogP contribution in [0, 0.1) is 5.92 Å². The zero-order valence-electron chi connectivity index (χ0n) is 13.5. The Labute approximate surface area is 154 Å². The molecule has 0 aliphatic carbocycles. The maximum absolute atomic E-state index is 12.7. The molecule has 1 aromatic carbocycles. The van der Waals surface area contributed by atoms with Crippen molar-refractivity contribution in [1.82, 2.24) is 15.2 Å². The molecule has 2 bridgehead atoms. The van der Waals surface area contributed by atoms with Crippen molar-refractivity contribution in [3.05, 3.63) is 39.9 Å². The first-order chi connectivity index (χ1) is 11.6. The van der Waals surface area contributed by atoms with Gasteiger partial charge < -0.3 is 5.32 Å². The lowest BCUT2D eigenvalue weighted by Crippen LogP contribution is -2.62. The molecular formula is C18H20BrN3OS. The molecule has 1 amide bonds. The molecule has 4 nitrogen and oxygen atoms in total. The summed E-state index contributed by atoms with van der Waals surface area (Å²) in [5.74, 6) is 0.570. The Balaban J connectivity index is 1.51. The molecule has 3 fully saturated rings. The molecule has 0 spiro atoms. The van der Waals surface area contributed by atoms with E-state index in [9.17, 15) is 4.79 Å². The number of hydrogen-bond donors (Lipinski definition) is 1. The maximum atomic E-state index is 12.7. The molecule has 0 radical (unpaired) electrons. The van der Waals surface area contributed by atoms with Crippen LogP contribution in [0.15, 0.2) is 34.9 Å². The maximum Gasteiger partial charge on any atom is 0.280 e. The third-order valence-corrected chi connectivity index (χ3v) is 7.04. The first-order valence-electron chi connectivity index (χ1n) is 8.39. The number of halogens is 1. The molecule has 24 heavy (non-hydrogen) atoms. The summed E-state index contributed by atoms with van der Waals surface area (Å²) in [5.41, 5.74) is 1.07. The van der Waals surface area contributed by atoms with Crippen LogP contribution in [0.5, 0.6) is 0 Å². The van der Waals surface area contributed by atoms with Crippen molar-refractivity contribution < 1.29 is 4.79 Å². The predicted molar refractivity (Wildman–Crippen MR) is 100 cm³/mol. The van der Waals surface area contributed by atoms with Gasteiger partial charge in [0.2, 0.25) is 0 Å². The van der Waals surface area contributed by atoms with Gasteiger partial charge in [0, 0.05) is 28.3 Å². The summed E-state index contributed by atoms with van der Waals surface area (Å²) in [6.45, 7) is 4.56. The zero-order valence-corrected chi connectivity index (χ0v) is 15.9. The Kier molecular flexibility index (Phi) is 4.45. The second kappa shape index (κ2) is 6.58. The number of aromatic nitrogens is 1. The van der Waals surface area contributed by atoms with E-state index < -0.39 is 0 Å². The van der Waals surface area contributed by atoms with Crippen molar-refractivity contribution in [1.29, 1.82) is 0 Å². The fourth-order valence-electron chi connectivity index (χ4n) is 3.92. The number of rotatable bonds is 3. The molecule has 4 heterocycles. The van der Waals surface area contributed by atoms with Gasteiger partial charge in [-0.25, -0.2) is 4.98 Å². The number of amides is 1. The van der Waals surface area contributed by atoms with E-state index >= 15 is 0 Å². The number of thiazole rings is 1. The molecule has 0 unspecified atom stereocenters. The number of carbonyl (C=O) groups excluding carboxylic acids is 1. The highest BCUT2D eigenvalue weighted by Crippen LogP contribution is 2.34. The van der Waals surface area contributed by atoms with Crippen LogP contribution in [-0.4, -0.2) is 41.0 Å². The number of fused-ring (bicyclic) bond motifs is 3. The number of benzene rings is 1. The van der Waals surface area contributed by atoms with Gasteiger partial charge in [-0.05, 0) is 44.8 Å². The van der Waals surface area contributed by atoms with E-state index in [0.29, 0.717) is 17.0 Å². The predicted octanol–water partition coefficient (Wildman–Crippen LogP) is 3.79. The highest BCUT2D eigenvalue weighted by atomic mass is 79.9. The number of hydrogen-bond acceptors (Lipinski definition) is 4. The molecule has 126 valence electrons. The third-order valence-electron chi connectivity index (χ3n) is 5.31. The SMILES string of the molecule is C[C@H]1[C@H](NC(=O)c2ncc(-c3ccccc3Br)s2)C2CCN1CC2. The lowest BCUT2D eigenvalue weighted by Gasteiger charge is -2.49. The zero-order chi connectivity index (χ0) is 16.7. The monoisotopic (exact) mass is 405 g/mol. The van der Waals surface area contributed by atoms with Crippen molar-refractivity contribution in [2.75, 3.05) is 13.1 Å². The van der Waals surface area contributed by atoms with Crippen LogP contribution in [0.3, 0.4) is 0 Å². The van der Waals surface area contributed by atoms with E-state index in [1.165, 1.54) is 37.3 Å². The quantitative estimate of drug-likeness (QED) is 0.844. The number of carbonyl (C=O) groups is 1. The molecule has 2 atom stereocenters. The lowest BCUT2D eigenvalue weighted by atomic mass is 9.79. The topological polar surface area (TPSA) is 45.2 Å². The summed E-state index contributed by atoms with van der Waals surface area (Å²) < 4.78 is 1.02. The summed E-state index contributed by atoms with van der Waals surface area (Å²) in [6.07, 6.45) is 4.17. The second-order valence-corrected chi connectivity index (χ2v) is 8.51. The minimum atomic E-state index is -0.0381. The van der Waals surface area contributed by atoms with E-state index in [4.69, 9.17) is 0 Å². The smallest absolute Gasteiger partial charge is 0.280 e. The normalized spacial score (nSPS) is 28.8. The third kappa shape index (κ3) is 2.91. The van der Waals surface area contributed by atoms with Crippen LogP contribution in [0.1, 0.15) is 29.6 Å². The van der Waals surface area contributed by atoms with E-state index in [1.54, 1.807) is 6.20 Å². The first kappa shape index (κ1) is 16.2. The molecule has 3 saturated heterocycles. The highest BCUT2D eigenvalue weighted by molar-refractivity contribution is 9.10. The number of piperidine rings is 3. The Morgan fingerprint density at radius 2 is 2.08 bits per heavy atom. The highest BCUT2D eigenvalue weighted by Gasteiger charge is 2.40. The summed E-state index contributed by atoms with van der Waals surface area (Å²) >= 11 is 5.01. The van der Waals surface area contributed by atoms with Gasteiger partial charge in [-0.15, -0.1) is 11.3 Å². The molecule has 1 aromatic heterocycles. The number of nitrogens with zero attached hydrogens (tertiary/aromatic N) is 2. The van der Waals surface area contributed by atoms with Crippen molar-refractivity contribution in [3.63, 3.8) is 0 Å². The van der Waals surface area contributed by atoms with Crippen LogP contribution < -0.4 is 5.32 Å². The van der Waals surface area contributed by atoms with Gasteiger partial charge in [0.05, 0.1) is 4.88 Å². The van der Waals surface area contributed by atoms with Crippen molar-refractivity contribution in [3.8, 4) is 10.4 Å². The molecule has 0 saturated carbocycles. The Hall–Kier alpha value is -1.24. The fraction of sp³-hybridized carbons (Fsp3) is 0.444. The summed E-state index contributed by atoms with van der Waals surface area (Å²) in [4.78, 5) is 20.5. The molecule has 3 aliphatic heterocycles. The van der Waals surface area contributed by atoms with Gasteiger partial charge >= 0.3 is 0 Å². The average Bonchev–Trinajstić information content (AvgIpc) is 3.09. The second-order valence-electron chi connectivity index (χ2n) is 6.62. The molecule has 3 aliphatic rings. The van der Waals surface area contributed by atoms with E-state index in [0.717, 1.165) is 14.9 Å². The lowest BCUT2D eigenvalue weighted by molar-refractivity contribution is 0.0217. The van der Waals surface area contributed by atoms with Gasteiger partial charge in [-0.3, -0.25) is 9.69 Å². The van der Waals surface area contributed by atoms with Gasteiger partial charge in [-0.1, -0.05) is 34.1 Å². The summed E-state index contributed by atoms with van der Waals surface area (Å²) in [7, 11) is 0. The fourth-order valence-corrected chi connectivity index (χ4v) is 5.41. The van der Waals surface area contributed by atoms with E-state index in [-0.39, 0.29) is 11.9 Å². The Morgan fingerprint density at radius 1 is 1.33 bits per heavy atom. The molecule has 2 aromatic rings. The molecule has 6 heteroatoms. The average molecular weight is 406 g/mol. The molecule has 5 rings (SSSR count). The Morgan fingerprint density at radius 3 is 2.79 bits per heavy atom. The van der Waals surface area contributed by atoms with Gasteiger partial charge in [0.15, 0.2) is 5.01 Å². The van der Waals surface area contributed by atoms with Crippen LogP contribution in [0.2, 0.25) is 0 Å². The summed E-state index contributed by atoms with van der Waals surface area (Å²) in [5, 5.41) is 3.80. The van der Waals surface area contributed by atoms with Crippen LogP contribution in [-0.2, 0) is 0 Å². The van der Waals surface area contributed by atoms with Crippen LogP contribution >= 0.6 is 27.3 Å². The first-order valence-corrected chi connectivity index (χ1v) is 10.00. The van der Waals surface area contributed by atoms with Crippen molar-refractivity contribution >= 4 is 33.2 Å². The minimum Gasteiger partial charge on any atom is -0.345 e. The van der Waals surface area contributed by atoms with E-state index in [1.807, 2.05) is 24.3 Å². The molecule has 1 N–H and O–H groups in total. The molecular weight excluding hydrogens is 386 g/mol. The van der Waals surface area contributed by atoms with Crippen LogP contribution in [0.25, 0.3) is 10.4 Å². The largest absolute Gasteiger partial charge is 0.345 e. The van der Waals surface area contributed by atoms with Crippen LogP contribution in [0.4, 0.5) is 0 Å². The van der Waals surface area contributed by atoms with Crippen molar-refractivity contribution in [2.45, 2.75) is 31.8 Å². The number of nitrogens with one attached hydrogen (secondary N) is 1. The van der Waals surface area contributed by atoms with Gasteiger partial charge in [0.1, 0.15) is 0 Å². The van der Waals surface area contributed by atoms with E-state index in [2.05, 4.69) is 38.1 Å². The standard InChI is InChI=1S/C18H20BrN3OS/c1-11-16(12-6-8-22(11)9-7-12)21-17(23)18-20-10-15(24-18)13-4-2-3-5-14(13)19/h2-5,10-12,16H,6-9H2,1H3,(H,21,23)/t11-,16-/m0/s1. The minimum absolute atomic E-state index is 0.0381. The van der Waals surface area contributed by atoms with Gasteiger partial charge in [-0.2, -0.15) is 0 Å². The Bertz CT molecular complexity index is 752.